The van der Waals surface area contributed by atoms with Gasteiger partial charge in [0.15, 0.2) is 0 Å². The summed E-state index contributed by atoms with van der Waals surface area (Å²) in [5.74, 6) is -1.55. The monoisotopic (exact) mass is 303 g/mol. The van der Waals surface area contributed by atoms with Crippen LogP contribution in [-0.2, 0) is 4.79 Å². The summed E-state index contributed by atoms with van der Waals surface area (Å²) in [6.07, 6.45) is -2.61. The Bertz CT molecular complexity index is 496. The quantitative estimate of drug-likeness (QED) is 0.821. The van der Waals surface area contributed by atoms with Crippen LogP contribution < -0.4 is 0 Å². The molecule has 7 heteroatoms. The van der Waals surface area contributed by atoms with Gasteiger partial charge in [0.2, 0.25) is 0 Å². The molecule has 0 aliphatic rings. The van der Waals surface area contributed by atoms with Crippen LogP contribution in [0.2, 0.25) is 0 Å². The van der Waals surface area contributed by atoms with Crippen molar-refractivity contribution in [2.24, 2.45) is 0 Å². The lowest BCUT2D eigenvalue weighted by molar-refractivity contribution is -0.136. The van der Waals surface area contributed by atoms with Crippen LogP contribution in [-0.4, -0.2) is 47.2 Å². The van der Waals surface area contributed by atoms with Crippen LogP contribution >= 0.6 is 11.8 Å². The molecule has 20 heavy (non-hydrogen) atoms. The van der Waals surface area contributed by atoms with Crippen LogP contribution in [0.5, 0.6) is 0 Å². The van der Waals surface area contributed by atoms with E-state index in [0.29, 0.717) is 4.90 Å². The fraction of sp³-hybridized carbons (Fsp3) is 0.385. The molecule has 0 aromatic heterocycles. The van der Waals surface area contributed by atoms with Crippen molar-refractivity contribution < 1.29 is 23.5 Å². The normalized spacial score (nSPS) is 12.2. The lowest BCUT2D eigenvalue weighted by Gasteiger charge is -2.18. The predicted octanol–water partition coefficient (Wildman–Crippen LogP) is 2.59. The third-order valence-corrected chi connectivity index (χ3v) is 3.69. The Balaban J connectivity index is 2.95. The molecule has 1 N–H and O–H groups in total. The number of carbonyl (C=O) groups excluding carboxylic acids is 1. The Kier molecular flexibility index (Phi) is 5.94. The first kappa shape index (κ1) is 16.4. The molecule has 0 aliphatic heterocycles. The van der Waals surface area contributed by atoms with Crippen molar-refractivity contribution in [2.45, 2.75) is 23.5 Å². The number of nitrogens with zero attached hydrogens (tertiary/aromatic N) is 1. The Morgan fingerprint density at radius 2 is 1.95 bits per heavy atom. The molecule has 110 valence electrons. The molecule has 0 saturated heterocycles. The zero-order valence-corrected chi connectivity index (χ0v) is 11.9. The minimum Gasteiger partial charge on any atom is -0.480 e. The number of halogens is 2. The number of hydrogen-bond acceptors (Lipinski definition) is 3. The topological polar surface area (TPSA) is 57.6 Å². The van der Waals surface area contributed by atoms with Gasteiger partial charge in [0.1, 0.15) is 5.25 Å². The highest BCUT2D eigenvalue weighted by molar-refractivity contribution is 8.00. The summed E-state index contributed by atoms with van der Waals surface area (Å²) in [4.78, 5) is 24.3. The number of carbonyl (C=O) groups is 2. The van der Waals surface area contributed by atoms with Gasteiger partial charge < -0.3 is 10.0 Å². The number of rotatable bonds is 6. The van der Waals surface area contributed by atoms with Gasteiger partial charge in [-0.2, -0.15) is 0 Å². The first-order valence-electron chi connectivity index (χ1n) is 5.85. The molecule has 4 nitrogen and oxygen atoms in total. The van der Waals surface area contributed by atoms with Crippen molar-refractivity contribution in [2.75, 3.05) is 13.6 Å². The molecule has 0 heterocycles. The summed E-state index contributed by atoms with van der Waals surface area (Å²) in [5, 5.41) is 8.15. The molecule has 1 unspecified atom stereocenters. The number of aliphatic carboxylic acids is 1. The van der Waals surface area contributed by atoms with Gasteiger partial charge in [-0.1, -0.05) is 12.1 Å². The first-order valence-corrected chi connectivity index (χ1v) is 6.73. The van der Waals surface area contributed by atoms with Gasteiger partial charge in [0.05, 0.1) is 12.1 Å². The van der Waals surface area contributed by atoms with E-state index in [4.69, 9.17) is 5.11 Å². The molecule has 1 rings (SSSR count). The largest absolute Gasteiger partial charge is 0.480 e. The Hall–Kier alpha value is -1.63. The second-order valence-corrected chi connectivity index (χ2v) is 5.55. The maximum atomic E-state index is 12.3. The van der Waals surface area contributed by atoms with Gasteiger partial charge in [0, 0.05) is 11.9 Å². The van der Waals surface area contributed by atoms with E-state index in [0.717, 1.165) is 16.7 Å². The molecule has 0 bridgehead atoms. The number of carboxylic acid groups (broad SMARTS) is 1. The molecular formula is C13H15F2NO3S. The average Bonchev–Trinajstić information content (AvgIpc) is 2.37. The summed E-state index contributed by atoms with van der Waals surface area (Å²) < 4.78 is 24.6. The van der Waals surface area contributed by atoms with E-state index < -0.39 is 30.1 Å². The third kappa shape index (κ3) is 4.48. The standard InChI is InChI=1S/C13H15F2NO3S/c1-8(13(18)19)20-10-6-4-3-5-9(10)12(17)16(2)7-11(14)15/h3-6,8,11H,7H2,1-2H3,(H,18,19). The van der Waals surface area contributed by atoms with Crippen LogP contribution in [0.15, 0.2) is 29.2 Å². The Morgan fingerprint density at radius 3 is 2.50 bits per heavy atom. The second kappa shape index (κ2) is 7.23. The zero-order valence-electron chi connectivity index (χ0n) is 11.0. The third-order valence-electron chi connectivity index (χ3n) is 2.53. The summed E-state index contributed by atoms with van der Waals surface area (Å²) in [5.41, 5.74) is 0.230. The van der Waals surface area contributed by atoms with Crippen LogP contribution in [0, 0.1) is 0 Å². The van der Waals surface area contributed by atoms with Crippen molar-refractivity contribution in [1.29, 1.82) is 0 Å². The Morgan fingerprint density at radius 1 is 1.35 bits per heavy atom. The van der Waals surface area contributed by atoms with Crippen molar-refractivity contribution in [3.8, 4) is 0 Å². The van der Waals surface area contributed by atoms with Gasteiger partial charge in [-0.15, -0.1) is 11.8 Å². The zero-order chi connectivity index (χ0) is 15.3. The van der Waals surface area contributed by atoms with Gasteiger partial charge in [0.25, 0.3) is 12.3 Å². The molecule has 0 spiro atoms. The fourth-order valence-corrected chi connectivity index (χ4v) is 2.40. The first-order chi connectivity index (χ1) is 9.32. The summed E-state index contributed by atoms with van der Waals surface area (Å²) in [6.45, 7) is 0.837. The number of alkyl halides is 2. The molecule has 1 aromatic rings. The predicted molar refractivity (Wildman–Crippen MR) is 72.4 cm³/mol. The summed E-state index contributed by atoms with van der Waals surface area (Å²) in [6, 6.07) is 6.38. The highest BCUT2D eigenvalue weighted by atomic mass is 32.2. The van der Waals surface area contributed by atoms with Crippen LogP contribution in [0.4, 0.5) is 8.78 Å². The van der Waals surface area contributed by atoms with E-state index >= 15 is 0 Å². The summed E-state index contributed by atoms with van der Waals surface area (Å²) >= 11 is 1.01. The molecule has 0 radical (unpaired) electrons. The summed E-state index contributed by atoms with van der Waals surface area (Å²) in [7, 11) is 1.29. The van der Waals surface area contributed by atoms with E-state index in [1.54, 1.807) is 18.2 Å². The average molecular weight is 303 g/mol. The van der Waals surface area contributed by atoms with Crippen LogP contribution in [0.1, 0.15) is 17.3 Å². The van der Waals surface area contributed by atoms with Gasteiger partial charge >= 0.3 is 5.97 Å². The van der Waals surface area contributed by atoms with E-state index in [1.165, 1.54) is 20.0 Å². The molecule has 1 aromatic carbocycles. The van der Waals surface area contributed by atoms with E-state index in [1.807, 2.05) is 0 Å². The van der Waals surface area contributed by atoms with Crippen LogP contribution in [0.25, 0.3) is 0 Å². The number of thioether (sulfide) groups is 1. The fourth-order valence-electron chi connectivity index (χ4n) is 1.48. The number of carboxylic acids is 1. The molecule has 0 aliphatic carbocycles. The Labute approximate surface area is 119 Å². The maximum absolute atomic E-state index is 12.3. The van der Waals surface area contributed by atoms with Crippen molar-refractivity contribution in [1.82, 2.24) is 4.90 Å². The van der Waals surface area contributed by atoms with E-state index in [-0.39, 0.29) is 5.56 Å². The number of amides is 1. The highest BCUT2D eigenvalue weighted by Crippen LogP contribution is 2.27. The second-order valence-electron chi connectivity index (χ2n) is 4.17. The number of benzene rings is 1. The van der Waals surface area contributed by atoms with Gasteiger partial charge in [-0.05, 0) is 19.1 Å². The van der Waals surface area contributed by atoms with Gasteiger partial charge in [-0.25, -0.2) is 8.78 Å². The molecule has 1 amide bonds. The maximum Gasteiger partial charge on any atom is 0.316 e. The molecule has 0 saturated carbocycles. The molecule has 0 fully saturated rings. The lowest BCUT2D eigenvalue weighted by atomic mass is 10.2. The minimum absolute atomic E-state index is 0.230. The molecule has 1 atom stereocenters. The SMILES string of the molecule is CC(Sc1ccccc1C(=O)N(C)CC(F)F)C(=O)O. The van der Waals surface area contributed by atoms with E-state index in [2.05, 4.69) is 0 Å². The van der Waals surface area contributed by atoms with Crippen LogP contribution in [0.3, 0.4) is 0 Å². The minimum atomic E-state index is -2.61. The van der Waals surface area contributed by atoms with E-state index in [9.17, 15) is 18.4 Å². The smallest absolute Gasteiger partial charge is 0.316 e. The molecular weight excluding hydrogens is 288 g/mol. The van der Waals surface area contributed by atoms with Gasteiger partial charge in [-0.3, -0.25) is 9.59 Å². The van der Waals surface area contributed by atoms with Crippen molar-refractivity contribution in [3.63, 3.8) is 0 Å². The lowest BCUT2D eigenvalue weighted by Crippen LogP contribution is -2.31. The van der Waals surface area contributed by atoms with Crippen molar-refractivity contribution in [3.05, 3.63) is 29.8 Å². The number of hydrogen-bond donors (Lipinski definition) is 1. The van der Waals surface area contributed by atoms with Crippen molar-refractivity contribution >= 4 is 23.6 Å². The highest BCUT2D eigenvalue weighted by Gasteiger charge is 2.21.